The van der Waals surface area contributed by atoms with E-state index in [0.717, 1.165) is 32.4 Å². The lowest BCUT2D eigenvalue weighted by Crippen LogP contribution is -2.58. The molecule has 0 unspecified atom stereocenters. The molecule has 1 aliphatic carbocycles. The Hall–Kier alpha value is -2.75. The molecule has 2 bridgehead atoms. The van der Waals surface area contributed by atoms with Gasteiger partial charge in [-0.05, 0) is 42.4 Å². The second-order valence-corrected chi connectivity index (χ2v) is 12.8. The minimum atomic E-state index is -1.14. The normalized spacial score (nSPS) is 34.7. The highest BCUT2D eigenvalue weighted by Crippen LogP contribution is 2.55. The van der Waals surface area contributed by atoms with Gasteiger partial charge in [-0.15, -0.1) is 0 Å². The van der Waals surface area contributed by atoms with Crippen LogP contribution in [0.15, 0.2) is 36.4 Å². The Balaban J connectivity index is 1.25. The number of carbonyl (C=O) groups excluding carboxylic acids is 3. The maximum Gasteiger partial charge on any atom is 0.246 e. The maximum absolute atomic E-state index is 14.2. The number of nitrogens with zero attached hydrogens (tertiary/aromatic N) is 2. The van der Waals surface area contributed by atoms with Crippen molar-refractivity contribution in [3.63, 3.8) is 0 Å². The highest BCUT2D eigenvalue weighted by atomic mass is 16.5. The van der Waals surface area contributed by atoms with Crippen LogP contribution < -0.4 is 10.6 Å². The Bertz CT molecular complexity index is 1180. The predicted molar refractivity (Wildman–Crippen MR) is 155 cm³/mol. The quantitative estimate of drug-likeness (QED) is 0.471. The lowest BCUT2D eigenvalue weighted by molar-refractivity contribution is -0.142. The first kappa shape index (κ1) is 28.4. The molecule has 3 amide bonds. The molecule has 41 heavy (non-hydrogen) atoms. The van der Waals surface area contributed by atoms with Crippen molar-refractivity contribution in [3.05, 3.63) is 42.0 Å². The number of likely N-dealkylation sites (tertiary alicyclic amines) is 1. The summed E-state index contributed by atoms with van der Waals surface area (Å²) < 4.78 is 12.0. The number of nitrogens with one attached hydrogen (secondary N) is 2. The zero-order chi connectivity index (χ0) is 28.7. The number of hydrogen-bond donors (Lipinski definition) is 2. The van der Waals surface area contributed by atoms with Crippen molar-refractivity contribution in [2.75, 3.05) is 44.7 Å². The minimum Gasteiger partial charge on any atom is -0.379 e. The number of ether oxygens (including phenoxy) is 2. The standard InChI is InChI=1S/C32H44N4O5/c1-20(2)22-8-10-23(11-9-22)33-29(37)26-25-12-13-32(41-25)27(26)31(39)36(15-14-35-16-18-40-19-17-35)28(32)30(38)34-24-7-5-4-6-21(24)3/h8-13,20-21,24-28H,4-7,14-19H2,1-3H3,(H,33,37)(H,34,38)/t21-,24+,25+,26-,27+,28+,32+/m1/s1. The van der Waals surface area contributed by atoms with E-state index in [9.17, 15) is 14.4 Å². The first-order valence-corrected chi connectivity index (χ1v) is 15.5. The van der Waals surface area contributed by atoms with Crippen LogP contribution in [0.25, 0.3) is 0 Å². The lowest BCUT2D eigenvalue weighted by Gasteiger charge is -2.36. The third kappa shape index (κ3) is 5.21. The minimum absolute atomic E-state index is 0.0818. The fourth-order valence-electron chi connectivity index (χ4n) is 7.55. The van der Waals surface area contributed by atoms with Gasteiger partial charge in [-0.2, -0.15) is 0 Å². The first-order chi connectivity index (χ1) is 19.8. The molecule has 1 aromatic rings. The number of rotatable bonds is 8. The van der Waals surface area contributed by atoms with Crippen LogP contribution in [0.1, 0.15) is 57.9 Å². The van der Waals surface area contributed by atoms with Crippen molar-refractivity contribution in [1.82, 2.24) is 15.1 Å². The van der Waals surface area contributed by atoms with E-state index in [2.05, 4.69) is 36.3 Å². The Morgan fingerprint density at radius 1 is 1.05 bits per heavy atom. The van der Waals surface area contributed by atoms with Crippen LogP contribution in [0.5, 0.6) is 0 Å². The van der Waals surface area contributed by atoms with E-state index in [-0.39, 0.29) is 23.8 Å². The third-order valence-electron chi connectivity index (χ3n) is 9.97. The van der Waals surface area contributed by atoms with Crippen molar-refractivity contribution in [2.45, 2.75) is 76.2 Å². The Kier molecular flexibility index (Phi) is 7.96. The van der Waals surface area contributed by atoms with Gasteiger partial charge in [-0.3, -0.25) is 19.3 Å². The summed E-state index contributed by atoms with van der Waals surface area (Å²) in [7, 11) is 0. The molecule has 1 spiro atoms. The maximum atomic E-state index is 14.2. The molecule has 2 N–H and O–H groups in total. The summed E-state index contributed by atoms with van der Waals surface area (Å²) in [6.07, 6.45) is 7.53. The largest absolute Gasteiger partial charge is 0.379 e. The van der Waals surface area contributed by atoms with E-state index < -0.39 is 29.6 Å². The second-order valence-electron chi connectivity index (χ2n) is 12.8. The summed E-state index contributed by atoms with van der Waals surface area (Å²) in [6, 6.07) is 7.11. The second kappa shape index (κ2) is 11.5. The van der Waals surface area contributed by atoms with Crippen molar-refractivity contribution in [1.29, 1.82) is 0 Å². The number of amides is 3. The highest BCUT2D eigenvalue weighted by Gasteiger charge is 2.72. The molecule has 7 atom stereocenters. The molecule has 9 nitrogen and oxygen atoms in total. The Morgan fingerprint density at radius 3 is 2.49 bits per heavy atom. The van der Waals surface area contributed by atoms with Crippen LogP contribution in [0.4, 0.5) is 5.69 Å². The van der Waals surface area contributed by atoms with Crippen molar-refractivity contribution < 1.29 is 23.9 Å². The van der Waals surface area contributed by atoms with Gasteiger partial charge in [0.2, 0.25) is 17.7 Å². The molecule has 1 saturated carbocycles. The molecular weight excluding hydrogens is 520 g/mol. The molecule has 4 heterocycles. The molecule has 6 rings (SSSR count). The lowest BCUT2D eigenvalue weighted by atomic mass is 9.74. The van der Waals surface area contributed by atoms with Gasteiger partial charge >= 0.3 is 0 Å². The number of anilines is 1. The van der Waals surface area contributed by atoms with E-state index in [1.807, 2.05) is 36.4 Å². The molecule has 0 radical (unpaired) electrons. The molecule has 222 valence electrons. The number of morpholine rings is 1. The summed E-state index contributed by atoms with van der Waals surface area (Å²) in [4.78, 5) is 46.0. The predicted octanol–water partition coefficient (Wildman–Crippen LogP) is 2.93. The number of carbonyl (C=O) groups is 3. The molecule has 0 aromatic heterocycles. The van der Waals surface area contributed by atoms with Crippen LogP contribution in [0.3, 0.4) is 0 Å². The molecule has 1 aromatic carbocycles. The summed E-state index contributed by atoms with van der Waals surface area (Å²) in [5.74, 6) is -1.24. The van der Waals surface area contributed by atoms with Gasteiger partial charge in [0.25, 0.3) is 0 Å². The SMILES string of the molecule is CC(C)c1ccc(NC(=O)[C@@H]2[C@@H]3C=C[C@]4(O3)[C@@H]2C(=O)N(CCN2CCOCC2)[C@H]4C(=O)N[C@H]2CCCC[C@H]2C)cc1. The van der Waals surface area contributed by atoms with Gasteiger partial charge < -0.3 is 25.0 Å². The Morgan fingerprint density at radius 2 is 1.78 bits per heavy atom. The van der Waals surface area contributed by atoms with Gasteiger partial charge in [-0.1, -0.05) is 57.9 Å². The van der Waals surface area contributed by atoms with E-state index in [1.165, 1.54) is 12.0 Å². The van der Waals surface area contributed by atoms with E-state index in [4.69, 9.17) is 9.47 Å². The average molecular weight is 565 g/mol. The summed E-state index contributed by atoms with van der Waals surface area (Å²) in [6.45, 7) is 10.4. The van der Waals surface area contributed by atoms with Crippen LogP contribution >= 0.6 is 0 Å². The molecular formula is C32H44N4O5. The van der Waals surface area contributed by atoms with E-state index in [1.54, 1.807) is 4.90 Å². The summed E-state index contributed by atoms with van der Waals surface area (Å²) in [5, 5.41) is 6.34. The highest BCUT2D eigenvalue weighted by molar-refractivity contribution is 6.02. The molecule has 4 aliphatic heterocycles. The first-order valence-electron chi connectivity index (χ1n) is 15.5. The average Bonchev–Trinajstić information content (AvgIpc) is 3.61. The van der Waals surface area contributed by atoms with Crippen molar-refractivity contribution in [2.24, 2.45) is 17.8 Å². The molecule has 9 heteroatoms. The van der Waals surface area contributed by atoms with Crippen molar-refractivity contribution >= 4 is 23.4 Å². The van der Waals surface area contributed by atoms with Crippen LogP contribution in [0, 0.1) is 17.8 Å². The van der Waals surface area contributed by atoms with Crippen LogP contribution in [0.2, 0.25) is 0 Å². The van der Waals surface area contributed by atoms with Gasteiger partial charge in [0.05, 0.1) is 31.2 Å². The zero-order valence-corrected chi connectivity index (χ0v) is 24.5. The number of hydrogen-bond acceptors (Lipinski definition) is 6. The molecule has 4 fully saturated rings. The monoisotopic (exact) mass is 564 g/mol. The number of benzene rings is 1. The molecule has 5 aliphatic rings. The fourth-order valence-corrected chi connectivity index (χ4v) is 7.55. The van der Waals surface area contributed by atoms with Gasteiger partial charge in [0.15, 0.2) is 0 Å². The zero-order valence-electron chi connectivity index (χ0n) is 24.5. The molecule has 3 saturated heterocycles. The van der Waals surface area contributed by atoms with E-state index >= 15 is 0 Å². The summed E-state index contributed by atoms with van der Waals surface area (Å²) in [5.41, 5.74) is 0.740. The number of fused-ring (bicyclic) bond motifs is 1. The van der Waals surface area contributed by atoms with Gasteiger partial charge in [0.1, 0.15) is 11.6 Å². The summed E-state index contributed by atoms with van der Waals surface area (Å²) >= 11 is 0. The van der Waals surface area contributed by atoms with Gasteiger partial charge in [-0.25, -0.2) is 0 Å². The Labute approximate surface area is 243 Å². The van der Waals surface area contributed by atoms with E-state index in [0.29, 0.717) is 43.8 Å². The van der Waals surface area contributed by atoms with Crippen molar-refractivity contribution in [3.8, 4) is 0 Å². The smallest absolute Gasteiger partial charge is 0.246 e. The third-order valence-corrected chi connectivity index (χ3v) is 9.97. The van der Waals surface area contributed by atoms with Gasteiger partial charge in [0, 0.05) is 37.9 Å². The van der Waals surface area contributed by atoms with Crippen LogP contribution in [-0.4, -0.2) is 90.7 Å². The fraction of sp³-hybridized carbons (Fsp3) is 0.656. The van der Waals surface area contributed by atoms with Crippen LogP contribution in [-0.2, 0) is 23.9 Å². The topological polar surface area (TPSA) is 100 Å².